The molecular weight excluding hydrogens is 389 g/mol. The summed E-state index contributed by atoms with van der Waals surface area (Å²) >= 11 is 0. The van der Waals surface area contributed by atoms with E-state index in [2.05, 4.69) is 10.2 Å². The van der Waals surface area contributed by atoms with Gasteiger partial charge in [-0.15, -0.1) is 0 Å². The molecule has 0 bridgehead atoms. The zero-order valence-corrected chi connectivity index (χ0v) is 17.0. The molecular formula is C22H26FN3O4. The number of carbonyl (C=O) groups excluding carboxylic acids is 2. The molecule has 1 fully saturated rings. The van der Waals surface area contributed by atoms with Crippen LogP contribution in [0, 0.1) is 5.82 Å². The van der Waals surface area contributed by atoms with Crippen molar-refractivity contribution in [3.05, 3.63) is 59.9 Å². The van der Waals surface area contributed by atoms with Crippen molar-refractivity contribution in [1.82, 2.24) is 15.1 Å². The van der Waals surface area contributed by atoms with Crippen molar-refractivity contribution in [2.24, 2.45) is 0 Å². The highest BCUT2D eigenvalue weighted by atomic mass is 19.1. The molecule has 0 saturated carbocycles. The molecule has 2 aromatic rings. The number of hydrogen-bond acceptors (Lipinski definition) is 5. The van der Waals surface area contributed by atoms with E-state index in [0.717, 1.165) is 0 Å². The topological polar surface area (TPSA) is 71.1 Å². The van der Waals surface area contributed by atoms with Gasteiger partial charge in [0.1, 0.15) is 17.3 Å². The van der Waals surface area contributed by atoms with Crippen LogP contribution in [0.25, 0.3) is 0 Å². The summed E-state index contributed by atoms with van der Waals surface area (Å²) in [5.74, 6) is 0.253. The first-order valence-electron chi connectivity index (χ1n) is 9.86. The second kappa shape index (κ2) is 10.6. The molecule has 2 amide bonds. The van der Waals surface area contributed by atoms with E-state index in [1.165, 1.54) is 12.1 Å². The second-order valence-corrected chi connectivity index (χ2v) is 6.93. The van der Waals surface area contributed by atoms with E-state index in [4.69, 9.17) is 9.47 Å². The number of nitrogens with zero attached hydrogens (tertiary/aromatic N) is 2. The van der Waals surface area contributed by atoms with Crippen molar-refractivity contribution in [2.45, 2.75) is 0 Å². The first kappa shape index (κ1) is 21.6. The van der Waals surface area contributed by atoms with Gasteiger partial charge in [-0.2, -0.15) is 0 Å². The van der Waals surface area contributed by atoms with E-state index in [1.807, 2.05) is 12.1 Å². The lowest BCUT2D eigenvalue weighted by Gasteiger charge is -2.34. The Bertz CT molecular complexity index is 869. The van der Waals surface area contributed by atoms with Gasteiger partial charge in [0.15, 0.2) is 6.61 Å². The van der Waals surface area contributed by atoms with Gasteiger partial charge >= 0.3 is 0 Å². The molecule has 0 unspecified atom stereocenters. The molecule has 7 nitrogen and oxygen atoms in total. The van der Waals surface area contributed by atoms with Crippen LogP contribution in [0.3, 0.4) is 0 Å². The normalized spacial score (nSPS) is 14.3. The van der Waals surface area contributed by atoms with E-state index in [9.17, 15) is 14.0 Å². The van der Waals surface area contributed by atoms with Crippen LogP contribution >= 0.6 is 0 Å². The summed E-state index contributed by atoms with van der Waals surface area (Å²) in [5.41, 5.74) is 0.0453. The maximum atomic E-state index is 13.6. The van der Waals surface area contributed by atoms with Gasteiger partial charge < -0.3 is 19.7 Å². The van der Waals surface area contributed by atoms with Crippen molar-refractivity contribution >= 4 is 11.8 Å². The number of methoxy groups -OCH3 is 1. The van der Waals surface area contributed by atoms with Gasteiger partial charge in [-0.05, 0) is 24.3 Å². The fraction of sp³-hybridized carbons (Fsp3) is 0.364. The van der Waals surface area contributed by atoms with E-state index >= 15 is 0 Å². The average Bonchev–Trinajstić information content (AvgIpc) is 2.78. The summed E-state index contributed by atoms with van der Waals surface area (Å²) in [6.07, 6.45) is 0. The standard InChI is InChI=1S/C22H26FN3O4/c1-29-17-5-4-6-18(15-17)30-16-21(27)26-13-11-25(12-14-26)10-9-24-22(28)19-7-2-3-8-20(19)23/h2-8,15H,9-14,16H2,1H3,(H,24,28). The van der Waals surface area contributed by atoms with Crippen molar-refractivity contribution < 1.29 is 23.5 Å². The third-order valence-corrected chi connectivity index (χ3v) is 4.96. The van der Waals surface area contributed by atoms with Gasteiger partial charge in [0.05, 0.1) is 12.7 Å². The Morgan fingerprint density at radius 2 is 1.77 bits per heavy atom. The maximum Gasteiger partial charge on any atom is 0.260 e. The maximum absolute atomic E-state index is 13.6. The molecule has 0 aromatic heterocycles. The largest absolute Gasteiger partial charge is 0.497 e. The van der Waals surface area contributed by atoms with Crippen molar-refractivity contribution in [3.63, 3.8) is 0 Å². The van der Waals surface area contributed by atoms with Gasteiger partial charge in [-0.25, -0.2) is 4.39 Å². The Morgan fingerprint density at radius 1 is 1.03 bits per heavy atom. The third-order valence-electron chi connectivity index (χ3n) is 4.96. The number of hydrogen-bond donors (Lipinski definition) is 1. The lowest BCUT2D eigenvalue weighted by atomic mass is 10.2. The molecule has 1 aliphatic rings. The van der Waals surface area contributed by atoms with Crippen LogP contribution in [-0.4, -0.2) is 74.6 Å². The molecule has 1 aliphatic heterocycles. The molecule has 30 heavy (non-hydrogen) atoms. The highest BCUT2D eigenvalue weighted by molar-refractivity contribution is 5.94. The van der Waals surface area contributed by atoms with E-state index in [1.54, 1.807) is 36.3 Å². The molecule has 0 aliphatic carbocycles. The van der Waals surface area contributed by atoms with Gasteiger partial charge in [0.25, 0.3) is 11.8 Å². The average molecular weight is 415 g/mol. The fourth-order valence-electron chi connectivity index (χ4n) is 3.22. The van der Waals surface area contributed by atoms with Crippen LogP contribution in [0.5, 0.6) is 11.5 Å². The summed E-state index contributed by atoms with van der Waals surface area (Å²) < 4.78 is 24.3. The number of halogens is 1. The van der Waals surface area contributed by atoms with Crippen LogP contribution < -0.4 is 14.8 Å². The first-order valence-corrected chi connectivity index (χ1v) is 9.86. The number of benzene rings is 2. The number of nitrogens with one attached hydrogen (secondary N) is 1. The summed E-state index contributed by atoms with van der Waals surface area (Å²) in [5, 5.41) is 2.74. The number of rotatable bonds is 8. The van der Waals surface area contributed by atoms with Gasteiger partial charge in [0, 0.05) is 45.3 Å². The number of carbonyl (C=O) groups is 2. The minimum Gasteiger partial charge on any atom is -0.497 e. The van der Waals surface area contributed by atoms with Crippen molar-refractivity contribution in [3.8, 4) is 11.5 Å². The highest BCUT2D eigenvalue weighted by Crippen LogP contribution is 2.18. The predicted molar refractivity (Wildman–Crippen MR) is 110 cm³/mol. The summed E-state index contributed by atoms with van der Waals surface area (Å²) in [7, 11) is 1.58. The van der Waals surface area contributed by atoms with Crippen LogP contribution in [-0.2, 0) is 4.79 Å². The van der Waals surface area contributed by atoms with Gasteiger partial charge in [-0.1, -0.05) is 18.2 Å². The summed E-state index contributed by atoms with van der Waals surface area (Å²) in [6.45, 7) is 3.65. The Hall–Kier alpha value is -3.13. The first-order chi connectivity index (χ1) is 14.6. The zero-order valence-electron chi connectivity index (χ0n) is 17.0. The molecule has 1 saturated heterocycles. The number of ether oxygens (including phenoxy) is 2. The van der Waals surface area contributed by atoms with Gasteiger partial charge in [0.2, 0.25) is 0 Å². The Morgan fingerprint density at radius 3 is 2.50 bits per heavy atom. The minimum absolute atomic E-state index is 0.0220. The van der Waals surface area contributed by atoms with Crippen LogP contribution in [0.4, 0.5) is 4.39 Å². The summed E-state index contributed by atoms with van der Waals surface area (Å²) in [6, 6.07) is 13.0. The SMILES string of the molecule is COc1cccc(OCC(=O)N2CCN(CCNC(=O)c3ccccc3F)CC2)c1. The molecule has 0 radical (unpaired) electrons. The van der Waals surface area contributed by atoms with Crippen molar-refractivity contribution in [2.75, 3.05) is 53.0 Å². The quantitative estimate of drug-likeness (QED) is 0.712. The molecule has 160 valence electrons. The lowest BCUT2D eigenvalue weighted by molar-refractivity contribution is -0.135. The second-order valence-electron chi connectivity index (χ2n) is 6.93. The summed E-state index contributed by atoms with van der Waals surface area (Å²) in [4.78, 5) is 28.4. The predicted octanol–water partition coefficient (Wildman–Crippen LogP) is 1.79. The van der Waals surface area contributed by atoms with E-state index in [-0.39, 0.29) is 18.1 Å². The van der Waals surface area contributed by atoms with Crippen LogP contribution in [0.2, 0.25) is 0 Å². The Labute approximate surface area is 175 Å². The minimum atomic E-state index is -0.529. The Balaban J connectivity index is 1.35. The third kappa shape index (κ3) is 5.93. The smallest absolute Gasteiger partial charge is 0.260 e. The Kier molecular flexibility index (Phi) is 7.62. The highest BCUT2D eigenvalue weighted by Gasteiger charge is 2.21. The fourth-order valence-corrected chi connectivity index (χ4v) is 3.22. The van der Waals surface area contributed by atoms with E-state index in [0.29, 0.717) is 50.8 Å². The van der Waals surface area contributed by atoms with Crippen molar-refractivity contribution in [1.29, 1.82) is 0 Å². The van der Waals surface area contributed by atoms with Gasteiger partial charge in [-0.3, -0.25) is 14.5 Å². The van der Waals surface area contributed by atoms with Crippen LogP contribution in [0.1, 0.15) is 10.4 Å². The number of piperazine rings is 1. The zero-order chi connectivity index (χ0) is 21.3. The molecule has 3 rings (SSSR count). The molecule has 8 heteroatoms. The molecule has 2 aromatic carbocycles. The number of amides is 2. The van der Waals surface area contributed by atoms with E-state index < -0.39 is 11.7 Å². The molecule has 1 N–H and O–H groups in total. The molecule has 0 spiro atoms. The monoisotopic (exact) mass is 415 g/mol. The lowest BCUT2D eigenvalue weighted by Crippen LogP contribution is -2.51. The van der Waals surface area contributed by atoms with Crippen LogP contribution in [0.15, 0.2) is 48.5 Å². The molecule has 1 heterocycles. The molecule has 0 atom stereocenters.